The lowest BCUT2D eigenvalue weighted by atomic mass is 10.2. The Balaban J connectivity index is 1.62. The van der Waals surface area contributed by atoms with Gasteiger partial charge in [0.15, 0.2) is 0 Å². The van der Waals surface area contributed by atoms with E-state index >= 15 is 0 Å². The van der Waals surface area contributed by atoms with Crippen molar-refractivity contribution in [1.29, 1.82) is 0 Å². The number of rotatable bonds is 7. The van der Waals surface area contributed by atoms with Crippen molar-refractivity contribution >= 4 is 37.6 Å². The standard InChI is InChI=1S/C24H24ClN3O5S2/c25-20-13-11-19(12-14-20)17-26-24(29)23-18-27(34(30,31)21-7-3-1-4-8-21)15-16-28(23)35(32,33)22-9-5-2-6-10-22/h1-14,23H,15-18H2,(H,26,29)/t23-/m0/s1. The van der Waals surface area contributed by atoms with Crippen LogP contribution in [0.1, 0.15) is 5.56 Å². The largest absolute Gasteiger partial charge is 0.351 e. The smallest absolute Gasteiger partial charge is 0.243 e. The number of amides is 1. The number of benzene rings is 3. The monoisotopic (exact) mass is 533 g/mol. The second-order valence-corrected chi connectivity index (χ2v) is 12.2. The maximum absolute atomic E-state index is 13.4. The van der Waals surface area contributed by atoms with Crippen LogP contribution in [0.2, 0.25) is 5.02 Å². The molecule has 1 saturated heterocycles. The van der Waals surface area contributed by atoms with Gasteiger partial charge in [0.05, 0.1) is 9.79 Å². The van der Waals surface area contributed by atoms with Crippen LogP contribution < -0.4 is 5.32 Å². The minimum absolute atomic E-state index is 0.0369. The van der Waals surface area contributed by atoms with Crippen LogP contribution in [0.15, 0.2) is 94.7 Å². The number of hydrogen-bond donors (Lipinski definition) is 1. The number of hydrogen-bond acceptors (Lipinski definition) is 5. The summed E-state index contributed by atoms with van der Waals surface area (Å²) in [5.74, 6) is -0.590. The van der Waals surface area contributed by atoms with Crippen molar-refractivity contribution < 1.29 is 21.6 Å². The first kappa shape index (κ1) is 25.3. The number of nitrogens with one attached hydrogen (secondary N) is 1. The fourth-order valence-corrected chi connectivity index (χ4v) is 7.02. The number of piperazine rings is 1. The molecule has 0 spiro atoms. The lowest BCUT2D eigenvalue weighted by Gasteiger charge is -2.38. The van der Waals surface area contributed by atoms with E-state index in [4.69, 9.17) is 11.6 Å². The average Bonchev–Trinajstić information content (AvgIpc) is 2.89. The first-order valence-corrected chi connectivity index (χ1v) is 14.1. The zero-order valence-electron chi connectivity index (χ0n) is 18.6. The van der Waals surface area contributed by atoms with Gasteiger partial charge in [0.2, 0.25) is 26.0 Å². The SMILES string of the molecule is O=C(NCc1ccc(Cl)cc1)[C@@H]1CN(S(=O)(=O)c2ccccc2)CCN1S(=O)(=O)c1ccccc1. The molecular formula is C24H24ClN3O5S2. The Morgan fingerprint density at radius 3 is 1.91 bits per heavy atom. The molecule has 184 valence electrons. The molecule has 1 heterocycles. The van der Waals surface area contributed by atoms with Gasteiger partial charge in [-0.05, 0) is 42.0 Å². The third-order valence-electron chi connectivity index (χ3n) is 5.71. The second-order valence-electron chi connectivity index (χ2n) is 7.96. The van der Waals surface area contributed by atoms with Crippen molar-refractivity contribution in [1.82, 2.24) is 13.9 Å². The van der Waals surface area contributed by atoms with E-state index in [2.05, 4.69) is 5.32 Å². The molecule has 0 unspecified atom stereocenters. The molecule has 4 rings (SSSR count). The van der Waals surface area contributed by atoms with Crippen LogP contribution in [0.4, 0.5) is 0 Å². The summed E-state index contributed by atoms with van der Waals surface area (Å²) in [5.41, 5.74) is 0.768. The van der Waals surface area contributed by atoms with E-state index in [1.54, 1.807) is 60.7 Å². The molecule has 8 nitrogen and oxygen atoms in total. The molecule has 3 aromatic rings. The van der Waals surface area contributed by atoms with Gasteiger partial charge >= 0.3 is 0 Å². The number of carbonyl (C=O) groups excluding carboxylic acids is 1. The first-order valence-electron chi connectivity index (χ1n) is 10.8. The van der Waals surface area contributed by atoms with E-state index in [0.29, 0.717) is 5.02 Å². The Hall–Kier alpha value is -2.76. The van der Waals surface area contributed by atoms with E-state index < -0.39 is 32.0 Å². The summed E-state index contributed by atoms with van der Waals surface area (Å²) in [6, 6.07) is 21.3. The summed E-state index contributed by atoms with van der Waals surface area (Å²) in [6.45, 7) is -0.417. The van der Waals surface area contributed by atoms with Crippen LogP contribution in [0, 0.1) is 0 Å². The van der Waals surface area contributed by atoms with Crippen LogP contribution >= 0.6 is 11.6 Å². The highest BCUT2D eigenvalue weighted by Gasteiger charge is 2.43. The predicted octanol–water partition coefficient (Wildman–Crippen LogP) is 2.72. The van der Waals surface area contributed by atoms with Crippen LogP contribution in [0.3, 0.4) is 0 Å². The lowest BCUT2D eigenvalue weighted by Crippen LogP contribution is -2.61. The minimum atomic E-state index is -4.04. The van der Waals surface area contributed by atoms with Crippen molar-refractivity contribution in [2.24, 2.45) is 0 Å². The summed E-state index contributed by atoms with van der Waals surface area (Å²) in [7, 11) is -7.96. The number of halogens is 1. The van der Waals surface area contributed by atoms with Crippen molar-refractivity contribution in [3.05, 3.63) is 95.5 Å². The van der Waals surface area contributed by atoms with Gasteiger partial charge in [-0.1, -0.05) is 60.1 Å². The van der Waals surface area contributed by atoms with Crippen molar-refractivity contribution in [3.63, 3.8) is 0 Å². The Kier molecular flexibility index (Phi) is 7.58. The molecule has 11 heteroatoms. The fraction of sp³-hybridized carbons (Fsp3) is 0.208. The molecule has 1 aliphatic rings. The fourth-order valence-electron chi connectivity index (χ4n) is 3.84. The Bertz CT molecular complexity index is 1380. The first-order chi connectivity index (χ1) is 16.7. The molecule has 0 radical (unpaired) electrons. The van der Waals surface area contributed by atoms with Crippen LogP contribution in [0.5, 0.6) is 0 Å². The average molecular weight is 534 g/mol. The third-order valence-corrected chi connectivity index (χ3v) is 9.76. The van der Waals surface area contributed by atoms with Crippen molar-refractivity contribution in [3.8, 4) is 0 Å². The molecule has 3 aromatic carbocycles. The van der Waals surface area contributed by atoms with Crippen LogP contribution in [0.25, 0.3) is 0 Å². The predicted molar refractivity (Wildman–Crippen MR) is 133 cm³/mol. The van der Waals surface area contributed by atoms with Gasteiger partial charge in [-0.15, -0.1) is 0 Å². The van der Waals surface area contributed by atoms with E-state index in [-0.39, 0.29) is 36.0 Å². The van der Waals surface area contributed by atoms with Crippen LogP contribution in [-0.4, -0.2) is 57.0 Å². The normalized spacial score (nSPS) is 17.7. The van der Waals surface area contributed by atoms with Crippen molar-refractivity contribution in [2.45, 2.75) is 22.4 Å². The molecule has 1 amide bonds. The summed E-state index contributed by atoms with van der Waals surface area (Å²) in [6.07, 6.45) is 0. The van der Waals surface area contributed by atoms with Gasteiger partial charge in [-0.25, -0.2) is 16.8 Å². The highest BCUT2D eigenvalue weighted by Crippen LogP contribution is 2.25. The summed E-state index contributed by atoms with van der Waals surface area (Å²) < 4.78 is 55.5. The van der Waals surface area contributed by atoms with Gasteiger partial charge in [0.25, 0.3) is 0 Å². The van der Waals surface area contributed by atoms with Gasteiger partial charge in [-0.3, -0.25) is 4.79 Å². The number of sulfonamides is 2. The summed E-state index contributed by atoms with van der Waals surface area (Å²) in [5, 5.41) is 3.29. The quantitative estimate of drug-likeness (QED) is 0.503. The number of carbonyl (C=O) groups is 1. The molecule has 0 bridgehead atoms. The molecule has 1 atom stereocenters. The van der Waals surface area contributed by atoms with E-state index in [9.17, 15) is 21.6 Å². The van der Waals surface area contributed by atoms with Gasteiger partial charge < -0.3 is 5.32 Å². The molecule has 0 aromatic heterocycles. The number of nitrogens with zero attached hydrogens (tertiary/aromatic N) is 2. The van der Waals surface area contributed by atoms with Crippen LogP contribution in [-0.2, 0) is 31.4 Å². The van der Waals surface area contributed by atoms with Crippen molar-refractivity contribution in [2.75, 3.05) is 19.6 Å². The third kappa shape index (κ3) is 5.57. The maximum Gasteiger partial charge on any atom is 0.243 e. The lowest BCUT2D eigenvalue weighted by molar-refractivity contribution is -0.126. The molecule has 1 aliphatic heterocycles. The van der Waals surface area contributed by atoms with E-state index in [1.807, 2.05) is 0 Å². The topological polar surface area (TPSA) is 104 Å². The van der Waals surface area contributed by atoms with Gasteiger partial charge in [0.1, 0.15) is 6.04 Å². The molecular weight excluding hydrogens is 510 g/mol. The highest BCUT2D eigenvalue weighted by atomic mass is 35.5. The van der Waals surface area contributed by atoms with Gasteiger partial charge in [0, 0.05) is 31.2 Å². The van der Waals surface area contributed by atoms with Gasteiger partial charge in [-0.2, -0.15) is 8.61 Å². The van der Waals surface area contributed by atoms with E-state index in [1.165, 1.54) is 24.3 Å². The Morgan fingerprint density at radius 2 is 1.34 bits per heavy atom. The highest BCUT2D eigenvalue weighted by molar-refractivity contribution is 7.89. The summed E-state index contributed by atoms with van der Waals surface area (Å²) >= 11 is 5.91. The minimum Gasteiger partial charge on any atom is -0.351 e. The zero-order valence-corrected chi connectivity index (χ0v) is 21.0. The second kappa shape index (κ2) is 10.5. The Labute approximate surface area is 210 Å². The molecule has 0 saturated carbocycles. The maximum atomic E-state index is 13.4. The Morgan fingerprint density at radius 1 is 0.800 bits per heavy atom. The summed E-state index contributed by atoms with van der Waals surface area (Å²) in [4.78, 5) is 13.4. The molecule has 0 aliphatic carbocycles. The zero-order chi connectivity index (χ0) is 25.1. The molecule has 35 heavy (non-hydrogen) atoms. The van der Waals surface area contributed by atoms with E-state index in [0.717, 1.165) is 14.2 Å². The molecule has 1 fully saturated rings. The molecule has 1 N–H and O–H groups in total.